The minimum Gasteiger partial charge on any atom is -0.480 e. The number of benzene rings is 1. The first kappa shape index (κ1) is 17.3. The van der Waals surface area contributed by atoms with Crippen molar-refractivity contribution in [2.24, 2.45) is 5.11 Å². The van der Waals surface area contributed by atoms with Gasteiger partial charge in [-0.25, -0.2) is 9.59 Å². The molecular formula is C14H18N4O4. The second-order valence-electron chi connectivity index (χ2n) is 4.55. The Labute approximate surface area is 127 Å². The van der Waals surface area contributed by atoms with Crippen LogP contribution >= 0.6 is 0 Å². The van der Waals surface area contributed by atoms with E-state index < -0.39 is 18.1 Å². The number of amides is 1. The quantitative estimate of drug-likeness (QED) is 0.315. The summed E-state index contributed by atoms with van der Waals surface area (Å²) in [6.07, 6.45) is 0.562. The summed E-state index contributed by atoms with van der Waals surface area (Å²) in [6.45, 7) is 0.386. The normalized spacial score (nSPS) is 11.1. The zero-order valence-corrected chi connectivity index (χ0v) is 12.0. The largest absolute Gasteiger partial charge is 0.480 e. The number of hydrogen-bond acceptors (Lipinski definition) is 4. The van der Waals surface area contributed by atoms with Gasteiger partial charge in [0.1, 0.15) is 12.6 Å². The molecule has 1 aromatic carbocycles. The van der Waals surface area contributed by atoms with E-state index in [2.05, 4.69) is 15.3 Å². The fourth-order valence-electron chi connectivity index (χ4n) is 1.74. The molecular weight excluding hydrogens is 288 g/mol. The molecule has 0 spiro atoms. The maximum absolute atomic E-state index is 11.6. The molecule has 0 saturated heterocycles. The molecule has 0 aliphatic rings. The van der Waals surface area contributed by atoms with Crippen LogP contribution in [0.4, 0.5) is 4.79 Å². The lowest BCUT2D eigenvalue weighted by atomic mass is 10.1. The highest BCUT2D eigenvalue weighted by molar-refractivity contribution is 5.79. The number of hydrogen-bond donors (Lipinski definition) is 2. The number of azide groups is 1. The number of carbonyl (C=O) groups is 2. The SMILES string of the molecule is [N-]=[N+]=NCCCCC(NC(=O)OCc1ccccc1)C(=O)O. The standard InChI is InChI=1S/C14H18N4O4/c15-18-16-9-5-4-8-12(13(19)20)17-14(21)22-10-11-6-2-1-3-7-11/h1-3,6-7,12H,4-5,8-10H2,(H,17,21)(H,19,20). The maximum Gasteiger partial charge on any atom is 0.408 e. The van der Waals surface area contributed by atoms with E-state index in [-0.39, 0.29) is 13.0 Å². The monoisotopic (exact) mass is 306 g/mol. The van der Waals surface area contributed by atoms with Crippen LogP contribution in [0.15, 0.2) is 35.4 Å². The van der Waals surface area contributed by atoms with Crippen molar-refractivity contribution in [3.05, 3.63) is 46.3 Å². The molecule has 0 aliphatic heterocycles. The van der Waals surface area contributed by atoms with Gasteiger partial charge in [0.2, 0.25) is 0 Å². The fourth-order valence-corrected chi connectivity index (χ4v) is 1.74. The summed E-state index contributed by atoms with van der Waals surface area (Å²) < 4.78 is 4.97. The molecule has 0 aromatic heterocycles. The highest BCUT2D eigenvalue weighted by Crippen LogP contribution is 2.04. The summed E-state index contributed by atoms with van der Waals surface area (Å²) in [5, 5.41) is 14.7. The van der Waals surface area contributed by atoms with Crippen LogP contribution in [0.3, 0.4) is 0 Å². The van der Waals surface area contributed by atoms with Gasteiger partial charge in [-0.05, 0) is 23.9 Å². The predicted molar refractivity (Wildman–Crippen MR) is 79.1 cm³/mol. The Morgan fingerprint density at radius 2 is 2.05 bits per heavy atom. The van der Waals surface area contributed by atoms with Gasteiger partial charge in [-0.3, -0.25) is 0 Å². The number of unbranched alkanes of at least 4 members (excludes halogenated alkanes) is 1. The van der Waals surface area contributed by atoms with Crippen molar-refractivity contribution < 1.29 is 19.4 Å². The zero-order valence-electron chi connectivity index (χ0n) is 12.0. The second kappa shape index (κ2) is 10.1. The van der Waals surface area contributed by atoms with Crippen molar-refractivity contribution in [2.75, 3.05) is 6.54 Å². The summed E-state index contributed by atoms with van der Waals surface area (Å²) in [5.41, 5.74) is 8.94. The lowest BCUT2D eigenvalue weighted by molar-refractivity contribution is -0.139. The Kier molecular flexibility index (Phi) is 7.92. The lowest BCUT2D eigenvalue weighted by Crippen LogP contribution is -2.41. The highest BCUT2D eigenvalue weighted by Gasteiger charge is 2.20. The molecule has 1 unspecified atom stereocenters. The Morgan fingerprint density at radius 3 is 2.68 bits per heavy atom. The molecule has 0 fully saturated rings. The van der Waals surface area contributed by atoms with Crippen LogP contribution in [-0.4, -0.2) is 29.8 Å². The smallest absolute Gasteiger partial charge is 0.408 e. The van der Waals surface area contributed by atoms with Gasteiger partial charge in [-0.1, -0.05) is 41.9 Å². The average molecular weight is 306 g/mol. The van der Waals surface area contributed by atoms with E-state index in [1.54, 1.807) is 12.1 Å². The van der Waals surface area contributed by atoms with Crippen molar-refractivity contribution in [1.29, 1.82) is 0 Å². The van der Waals surface area contributed by atoms with Crippen LogP contribution in [0.2, 0.25) is 0 Å². The molecule has 1 amide bonds. The van der Waals surface area contributed by atoms with Gasteiger partial charge in [0.25, 0.3) is 0 Å². The molecule has 1 aromatic rings. The number of carboxylic acids is 1. The molecule has 1 rings (SSSR count). The number of alkyl carbamates (subject to hydrolysis) is 1. The average Bonchev–Trinajstić information content (AvgIpc) is 2.52. The van der Waals surface area contributed by atoms with Crippen LogP contribution in [0.1, 0.15) is 24.8 Å². The Bertz CT molecular complexity index is 529. The molecule has 118 valence electrons. The summed E-state index contributed by atoms with van der Waals surface area (Å²) in [6, 6.07) is 8.07. The third-order valence-electron chi connectivity index (χ3n) is 2.87. The van der Waals surface area contributed by atoms with E-state index in [0.29, 0.717) is 19.4 Å². The molecule has 0 heterocycles. The van der Waals surface area contributed by atoms with Crippen LogP contribution < -0.4 is 5.32 Å². The topological polar surface area (TPSA) is 124 Å². The van der Waals surface area contributed by atoms with Gasteiger partial charge in [0.15, 0.2) is 0 Å². The second-order valence-corrected chi connectivity index (χ2v) is 4.55. The molecule has 22 heavy (non-hydrogen) atoms. The first-order valence-electron chi connectivity index (χ1n) is 6.84. The van der Waals surface area contributed by atoms with Gasteiger partial charge < -0.3 is 15.2 Å². The van der Waals surface area contributed by atoms with E-state index >= 15 is 0 Å². The van der Waals surface area contributed by atoms with Gasteiger partial charge in [-0.2, -0.15) is 0 Å². The van der Waals surface area contributed by atoms with Gasteiger partial charge in [-0.15, -0.1) is 0 Å². The van der Waals surface area contributed by atoms with E-state index in [1.807, 2.05) is 18.2 Å². The van der Waals surface area contributed by atoms with Crippen LogP contribution in [0.5, 0.6) is 0 Å². The molecule has 8 heteroatoms. The first-order valence-corrected chi connectivity index (χ1v) is 6.84. The molecule has 8 nitrogen and oxygen atoms in total. The molecule has 2 N–H and O–H groups in total. The van der Waals surface area contributed by atoms with E-state index in [1.165, 1.54) is 0 Å². The Balaban J connectivity index is 2.33. The van der Waals surface area contributed by atoms with Crippen LogP contribution in [0.25, 0.3) is 10.4 Å². The number of carbonyl (C=O) groups excluding carboxylic acids is 1. The van der Waals surface area contributed by atoms with Gasteiger partial charge >= 0.3 is 12.1 Å². The van der Waals surface area contributed by atoms with Gasteiger partial charge in [0, 0.05) is 11.5 Å². The number of nitrogens with zero attached hydrogens (tertiary/aromatic N) is 3. The highest BCUT2D eigenvalue weighted by atomic mass is 16.5. The third-order valence-corrected chi connectivity index (χ3v) is 2.87. The number of rotatable bonds is 9. The number of carboxylic acid groups (broad SMARTS) is 1. The number of ether oxygens (including phenoxy) is 1. The summed E-state index contributed by atoms with van der Waals surface area (Å²) in [7, 11) is 0. The molecule has 0 saturated carbocycles. The summed E-state index contributed by atoms with van der Waals surface area (Å²) >= 11 is 0. The van der Waals surface area contributed by atoms with Crippen molar-refractivity contribution in [3.8, 4) is 0 Å². The minimum absolute atomic E-state index is 0.0793. The van der Waals surface area contributed by atoms with E-state index in [9.17, 15) is 9.59 Å². The van der Waals surface area contributed by atoms with Crippen molar-refractivity contribution in [2.45, 2.75) is 31.9 Å². The maximum atomic E-state index is 11.6. The van der Waals surface area contributed by atoms with Crippen molar-refractivity contribution >= 4 is 12.1 Å². The lowest BCUT2D eigenvalue weighted by Gasteiger charge is -2.14. The predicted octanol–water partition coefficient (Wildman–Crippen LogP) is 2.85. The third kappa shape index (κ3) is 7.16. The molecule has 0 radical (unpaired) electrons. The Morgan fingerprint density at radius 1 is 1.32 bits per heavy atom. The molecule has 0 bridgehead atoms. The van der Waals surface area contributed by atoms with Crippen LogP contribution in [0, 0.1) is 0 Å². The van der Waals surface area contributed by atoms with Crippen molar-refractivity contribution in [3.63, 3.8) is 0 Å². The van der Waals surface area contributed by atoms with E-state index in [0.717, 1.165) is 5.56 Å². The Hall–Kier alpha value is -2.73. The molecule has 1 atom stereocenters. The number of aliphatic carboxylic acids is 1. The van der Waals surface area contributed by atoms with Crippen molar-refractivity contribution in [1.82, 2.24) is 5.32 Å². The van der Waals surface area contributed by atoms with Gasteiger partial charge in [0.05, 0.1) is 0 Å². The summed E-state index contributed by atoms with van der Waals surface area (Å²) in [4.78, 5) is 25.3. The summed E-state index contributed by atoms with van der Waals surface area (Å²) in [5.74, 6) is -1.12. The fraction of sp³-hybridized carbons (Fsp3) is 0.429. The molecule has 0 aliphatic carbocycles. The van der Waals surface area contributed by atoms with Crippen LogP contribution in [-0.2, 0) is 16.1 Å². The zero-order chi connectivity index (χ0) is 16.2. The van der Waals surface area contributed by atoms with E-state index in [4.69, 9.17) is 15.4 Å². The number of nitrogens with one attached hydrogen (secondary N) is 1. The minimum atomic E-state index is -1.12. The first-order chi connectivity index (χ1) is 10.6.